The van der Waals surface area contributed by atoms with Gasteiger partial charge in [0.1, 0.15) is 5.82 Å². The monoisotopic (exact) mass is 373 g/mol. The van der Waals surface area contributed by atoms with E-state index in [0.717, 1.165) is 24.1 Å². The summed E-state index contributed by atoms with van der Waals surface area (Å²) in [5.74, 6) is 0.999. The highest BCUT2D eigenvalue weighted by atomic mass is 35.5. The van der Waals surface area contributed by atoms with Gasteiger partial charge in [-0.25, -0.2) is 4.39 Å². The van der Waals surface area contributed by atoms with E-state index < -0.39 is 0 Å². The lowest BCUT2D eigenvalue weighted by atomic mass is 10.1. The molecule has 0 aliphatic heterocycles. The Morgan fingerprint density at radius 3 is 2.46 bits per heavy atom. The van der Waals surface area contributed by atoms with Crippen LogP contribution in [0.4, 0.5) is 4.39 Å². The van der Waals surface area contributed by atoms with Crippen LogP contribution in [0, 0.1) is 5.82 Å². The van der Waals surface area contributed by atoms with Crippen LogP contribution in [-0.2, 0) is 13.0 Å². The summed E-state index contributed by atoms with van der Waals surface area (Å²) in [6, 6.07) is 10.4. The molecule has 0 atom stereocenters. The van der Waals surface area contributed by atoms with Crippen LogP contribution in [0.2, 0.25) is 5.02 Å². The largest absolute Gasteiger partial charge is 0.491 e. The Kier molecular flexibility index (Phi) is 8.90. The lowest BCUT2D eigenvalue weighted by Crippen LogP contribution is -2.16. The van der Waals surface area contributed by atoms with Gasteiger partial charge in [0.2, 0.25) is 0 Å². The van der Waals surface area contributed by atoms with Gasteiger partial charge in [0.25, 0.3) is 0 Å². The number of hydrogen-bond acceptors (Lipinski definition) is 3. The van der Waals surface area contributed by atoms with Crippen molar-refractivity contribution >= 4 is 24.0 Å². The Bertz CT molecular complexity index is 636. The summed E-state index contributed by atoms with van der Waals surface area (Å²) in [7, 11) is 1.57. The Morgan fingerprint density at radius 2 is 1.83 bits per heavy atom. The van der Waals surface area contributed by atoms with Crippen molar-refractivity contribution in [3.63, 3.8) is 0 Å². The fourth-order valence-corrected chi connectivity index (χ4v) is 2.61. The van der Waals surface area contributed by atoms with Crippen molar-refractivity contribution in [2.45, 2.75) is 19.9 Å². The third-order valence-electron chi connectivity index (χ3n) is 3.41. The number of ether oxygens (including phenoxy) is 2. The number of rotatable bonds is 8. The molecule has 24 heavy (non-hydrogen) atoms. The molecule has 0 fully saturated rings. The third-order valence-corrected chi connectivity index (χ3v) is 3.69. The van der Waals surface area contributed by atoms with Crippen LogP contribution in [0.25, 0.3) is 0 Å². The summed E-state index contributed by atoms with van der Waals surface area (Å²) in [6.45, 7) is 3.93. The summed E-state index contributed by atoms with van der Waals surface area (Å²) < 4.78 is 23.7. The maximum Gasteiger partial charge on any atom is 0.179 e. The molecule has 0 unspecified atom stereocenters. The average molecular weight is 374 g/mol. The standard InChI is InChI=1S/C18H21ClFNO2.ClH/c1-3-23-17-11-14(10-16(19)18(17)22-2)12-21-9-8-13-4-6-15(20)7-5-13;/h4-7,10-11,21H,3,8-9,12H2,1-2H3;1H. The van der Waals surface area contributed by atoms with Crippen LogP contribution in [-0.4, -0.2) is 20.3 Å². The van der Waals surface area contributed by atoms with E-state index in [-0.39, 0.29) is 18.2 Å². The Labute approximate surface area is 153 Å². The Balaban J connectivity index is 0.00000288. The number of halogens is 3. The average Bonchev–Trinajstić information content (AvgIpc) is 2.53. The second kappa shape index (κ2) is 10.4. The van der Waals surface area contributed by atoms with Gasteiger partial charge in [-0.1, -0.05) is 23.7 Å². The molecule has 2 rings (SSSR count). The molecule has 0 saturated heterocycles. The molecule has 0 spiro atoms. The number of hydrogen-bond donors (Lipinski definition) is 1. The molecular weight excluding hydrogens is 352 g/mol. The van der Waals surface area contributed by atoms with Gasteiger partial charge >= 0.3 is 0 Å². The lowest BCUT2D eigenvalue weighted by molar-refractivity contribution is 0.310. The van der Waals surface area contributed by atoms with E-state index in [1.807, 2.05) is 19.1 Å². The quantitative estimate of drug-likeness (QED) is 0.683. The van der Waals surface area contributed by atoms with Crippen molar-refractivity contribution in [3.8, 4) is 11.5 Å². The van der Waals surface area contributed by atoms with E-state index >= 15 is 0 Å². The van der Waals surface area contributed by atoms with Crippen LogP contribution < -0.4 is 14.8 Å². The second-order valence-electron chi connectivity index (χ2n) is 5.10. The number of nitrogens with one attached hydrogen (secondary N) is 1. The highest BCUT2D eigenvalue weighted by Crippen LogP contribution is 2.36. The minimum Gasteiger partial charge on any atom is -0.491 e. The first-order valence-corrected chi connectivity index (χ1v) is 7.96. The van der Waals surface area contributed by atoms with E-state index in [4.69, 9.17) is 21.1 Å². The minimum absolute atomic E-state index is 0. The van der Waals surface area contributed by atoms with E-state index in [0.29, 0.717) is 29.7 Å². The first-order valence-electron chi connectivity index (χ1n) is 7.58. The van der Waals surface area contributed by atoms with E-state index in [1.165, 1.54) is 12.1 Å². The molecular formula is C18H22Cl2FNO2. The molecule has 6 heteroatoms. The van der Waals surface area contributed by atoms with E-state index in [9.17, 15) is 4.39 Å². The maximum atomic E-state index is 12.8. The first kappa shape index (κ1) is 20.6. The molecule has 0 amide bonds. The van der Waals surface area contributed by atoms with Gasteiger partial charge in [-0.3, -0.25) is 0 Å². The first-order chi connectivity index (χ1) is 11.1. The summed E-state index contributed by atoms with van der Waals surface area (Å²) >= 11 is 6.23. The van der Waals surface area contributed by atoms with Gasteiger partial charge in [-0.15, -0.1) is 12.4 Å². The molecule has 0 saturated carbocycles. The SMILES string of the molecule is CCOc1cc(CNCCc2ccc(F)cc2)cc(Cl)c1OC.Cl. The minimum atomic E-state index is -0.210. The van der Waals surface area contributed by atoms with Crippen LogP contribution in [0.15, 0.2) is 36.4 Å². The molecule has 132 valence electrons. The topological polar surface area (TPSA) is 30.5 Å². The number of benzene rings is 2. The molecule has 0 bridgehead atoms. The zero-order chi connectivity index (χ0) is 16.7. The van der Waals surface area contributed by atoms with Crippen molar-refractivity contribution in [1.82, 2.24) is 5.32 Å². The second-order valence-corrected chi connectivity index (χ2v) is 5.50. The van der Waals surface area contributed by atoms with Gasteiger partial charge in [0.05, 0.1) is 18.7 Å². The van der Waals surface area contributed by atoms with Gasteiger partial charge in [0, 0.05) is 6.54 Å². The highest BCUT2D eigenvalue weighted by molar-refractivity contribution is 6.32. The van der Waals surface area contributed by atoms with Crippen molar-refractivity contribution in [2.75, 3.05) is 20.3 Å². The lowest BCUT2D eigenvalue weighted by Gasteiger charge is -2.13. The van der Waals surface area contributed by atoms with E-state index in [1.54, 1.807) is 19.2 Å². The predicted octanol–water partition coefficient (Wildman–Crippen LogP) is 4.64. The van der Waals surface area contributed by atoms with Crippen LogP contribution in [0.1, 0.15) is 18.1 Å². The molecule has 0 aliphatic rings. The van der Waals surface area contributed by atoms with Crippen LogP contribution >= 0.6 is 24.0 Å². The predicted molar refractivity (Wildman–Crippen MR) is 98.2 cm³/mol. The molecule has 2 aromatic rings. The molecule has 0 aliphatic carbocycles. The number of methoxy groups -OCH3 is 1. The van der Waals surface area contributed by atoms with Gasteiger partial charge in [-0.2, -0.15) is 0 Å². The van der Waals surface area contributed by atoms with Gasteiger partial charge in [0.15, 0.2) is 11.5 Å². The van der Waals surface area contributed by atoms with Gasteiger partial charge in [-0.05, 0) is 55.3 Å². The zero-order valence-electron chi connectivity index (χ0n) is 13.8. The fourth-order valence-electron chi connectivity index (χ4n) is 2.30. The van der Waals surface area contributed by atoms with Crippen molar-refractivity contribution in [3.05, 3.63) is 58.4 Å². The molecule has 0 heterocycles. The smallest absolute Gasteiger partial charge is 0.179 e. The molecule has 2 aromatic carbocycles. The normalized spacial score (nSPS) is 10.2. The van der Waals surface area contributed by atoms with E-state index in [2.05, 4.69) is 5.32 Å². The summed E-state index contributed by atoms with van der Waals surface area (Å²) in [4.78, 5) is 0. The van der Waals surface area contributed by atoms with Crippen LogP contribution in [0.3, 0.4) is 0 Å². The van der Waals surface area contributed by atoms with Crippen molar-refractivity contribution in [1.29, 1.82) is 0 Å². The molecule has 0 radical (unpaired) electrons. The van der Waals surface area contributed by atoms with Crippen LogP contribution in [0.5, 0.6) is 11.5 Å². The summed E-state index contributed by atoms with van der Waals surface area (Å²) in [5, 5.41) is 3.89. The highest BCUT2D eigenvalue weighted by Gasteiger charge is 2.11. The van der Waals surface area contributed by atoms with Crippen molar-refractivity contribution in [2.24, 2.45) is 0 Å². The summed E-state index contributed by atoms with van der Waals surface area (Å²) in [6.07, 6.45) is 0.836. The Hall–Kier alpha value is -1.49. The fraction of sp³-hybridized carbons (Fsp3) is 0.333. The maximum absolute atomic E-state index is 12.8. The van der Waals surface area contributed by atoms with Gasteiger partial charge < -0.3 is 14.8 Å². The molecule has 3 nitrogen and oxygen atoms in total. The summed E-state index contributed by atoms with van der Waals surface area (Å²) in [5.41, 5.74) is 2.13. The molecule has 0 aromatic heterocycles. The Morgan fingerprint density at radius 1 is 1.12 bits per heavy atom. The molecule has 1 N–H and O–H groups in total. The zero-order valence-corrected chi connectivity index (χ0v) is 15.3. The third kappa shape index (κ3) is 5.86. The van der Waals surface area contributed by atoms with Crippen molar-refractivity contribution < 1.29 is 13.9 Å².